The monoisotopic (exact) mass is 442 g/mol. The molecule has 0 radical (unpaired) electrons. The normalized spacial score (nSPS) is 11.3. The van der Waals surface area contributed by atoms with Gasteiger partial charge in [-0.2, -0.15) is 0 Å². The first kappa shape index (κ1) is 22.8. The van der Waals surface area contributed by atoms with Crippen LogP contribution in [0.2, 0.25) is 5.02 Å². The van der Waals surface area contributed by atoms with Gasteiger partial charge in [0.15, 0.2) is 11.5 Å². The number of amides is 1. The molecule has 0 heterocycles. The number of rotatable bonds is 8. The summed E-state index contributed by atoms with van der Waals surface area (Å²) in [5, 5.41) is 2.86. The van der Waals surface area contributed by atoms with Gasteiger partial charge in [0.2, 0.25) is 10.0 Å². The van der Waals surface area contributed by atoms with Crippen LogP contribution >= 0.6 is 11.6 Å². The van der Waals surface area contributed by atoms with Crippen LogP contribution in [-0.2, 0) is 16.6 Å². The van der Waals surface area contributed by atoms with Crippen LogP contribution in [0.5, 0.6) is 17.2 Å². The number of nitrogens with one attached hydrogen (secondary N) is 1. The Morgan fingerprint density at radius 2 is 1.59 bits per heavy atom. The Balaban J connectivity index is 2.30. The second kappa shape index (κ2) is 9.34. The van der Waals surface area contributed by atoms with Gasteiger partial charge in [0, 0.05) is 32.3 Å². The Kier molecular flexibility index (Phi) is 7.34. The van der Waals surface area contributed by atoms with Crippen molar-refractivity contribution in [2.24, 2.45) is 0 Å². The number of ether oxygens (including phenoxy) is 3. The second-order valence-electron chi connectivity index (χ2n) is 6.13. The molecule has 2 aromatic rings. The summed E-state index contributed by atoms with van der Waals surface area (Å²) in [7, 11) is 3.63. The Hall–Kier alpha value is -2.49. The van der Waals surface area contributed by atoms with E-state index < -0.39 is 15.9 Å². The number of benzene rings is 2. The molecular formula is C19H23ClN2O6S. The van der Waals surface area contributed by atoms with Crippen molar-refractivity contribution in [2.45, 2.75) is 11.4 Å². The first-order valence-corrected chi connectivity index (χ1v) is 10.3. The predicted octanol–water partition coefficient (Wildman–Crippen LogP) is 2.55. The van der Waals surface area contributed by atoms with E-state index in [0.29, 0.717) is 22.8 Å². The number of carbonyl (C=O) groups excluding carboxylic acids is 1. The van der Waals surface area contributed by atoms with Crippen molar-refractivity contribution >= 4 is 27.5 Å². The molecule has 10 heteroatoms. The summed E-state index contributed by atoms with van der Waals surface area (Å²) in [6.07, 6.45) is 0. The maximum atomic E-state index is 12.7. The van der Waals surface area contributed by atoms with Crippen LogP contribution in [0.4, 0.5) is 0 Å². The van der Waals surface area contributed by atoms with Crippen LogP contribution in [0, 0.1) is 0 Å². The first-order chi connectivity index (χ1) is 13.6. The summed E-state index contributed by atoms with van der Waals surface area (Å²) in [6.45, 7) is 0.101. The SMILES string of the molecule is COc1cc(OC)c(OC)cc1CNC(=O)c1cc(S(=O)(=O)N(C)C)ccc1Cl. The van der Waals surface area contributed by atoms with Gasteiger partial charge in [0.05, 0.1) is 36.8 Å². The maximum absolute atomic E-state index is 12.7. The van der Waals surface area contributed by atoms with Crippen LogP contribution in [0.15, 0.2) is 35.2 Å². The smallest absolute Gasteiger partial charge is 0.253 e. The van der Waals surface area contributed by atoms with E-state index in [4.69, 9.17) is 25.8 Å². The number of hydrogen-bond acceptors (Lipinski definition) is 6. The molecule has 0 unspecified atom stereocenters. The van der Waals surface area contributed by atoms with E-state index in [2.05, 4.69) is 5.32 Å². The van der Waals surface area contributed by atoms with Gasteiger partial charge < -0.3 is 19.5 Å². The van der Waals surface area contributed by atoms with Gasteiger partial charge in [0.25, 0.3) is 5.91 Å². The summed E-state index contributed by atoms with van der Waals surface area (Å²) in [5.74, 6) is 0.944. The number of hydrogen-bond donors (Lipinski definition) is 1. The zero-order chi connectivity index (χ0) is 21.8. The van der Waals surface area contributed by atoms with Crippen molar-refractivity contribution in [3.05, 3.63) is 46.5 Å². The fourth-order valence-electron chi connectivity index (χ4n) is 2.55. The van der Waals surface area contributed by atoms with Crippen molar-refractivity contribution in [1.29, 1.82) is 0 Å². The molecular weight excluding hydrogens is 420 g/mol. The fraction of sp³-hybridized carbons (Fsp3) is 0.316. The van der Waals surface area contributed by atoms with E-state index in [-0.39, 0.29) is 22.0 Å². The molecule has 2 rings (SSSR count). The van der Waals surface area contributed by atoms with Gasteiger partial charge in [0.1, 0.15) is 5.75 Å². The van der Waals surface area contributed by atoms with Crippen molar-refractivity contribution in [3.63, 3.8) is 0 Å². The van der Waals surface area contributed by atoms with Gasteiger partial charge in [-0.3, -0.25) is 4.79 Å². The molecule has 1 amide bonds. The Morgan fingerprint density at radius 1 is 1.00 bits per heavy atom. The van der Waals surface area contributed by atoms with Crippen LogP contribution in [-0.4, -0.2) is 54.1 Å². The third-order valence-corrected chi connectivity index (χ3v) is 6.33. The van der Waals surface area contributed by atoms with Crippen molar-refractivity contribution < 1.29 is 27.4 Å². The van der Waals surface area contributed by atoms with E-state index in [1.165, 1.54) is 53.6 Å². The predicted molar refractivity (Wildman–Crippen MR) is 110 cm³/mol. The lowest BCUT2D eigenvalue weighted by atomic mass is 10.1. The summed E-state index contributed by atoms with van der Waals surface area (Å²) in [4.78, 5) is 12.6. The Labute approximate surface area is 175 Å². The Bertz CT molecular complexity index is 1010. The molecule has 0 atom stereocenters. The molecule has 0 aliphatic carbocycles. The summed E-state index contributed by atoms with van der Waals surface area (Å²) in [5.41, 5.74) is 0.695. The molecule has 0 bridgehead atoms. The fourth-order valence-corrected chi connectivity index (χ4v) is 3.68. The highest BCUT2D eigenvalue weighted by molar-refractivity contribution is 7.89. The molecule has 158 valence electrons. The van der Waals surface area contributed by atoms with E-state index in [0.717, 1.165) is 4.31 Å². The number of halogens is 1. The van der Waals surface area contributed by atoms with E-state index >= 15 is 0 Å². The highest BCUT2D eigenvalue weighted by atomic mass is 35.5. The zero-order valence-corrected chi connectivity index (χ0v) is 18.3. The lowest BCUT2D eigenvalue weighted by Gasteiger charge is -2.15. The highest BCUT2D eigenvalue weighted by Crippen LogP contribution is 2.34. The molecule has 0 saturated carbocycles. The molecule has 0 aliphatic heterocycles. The quantitative estimate of drug-likeness (QED) is 0.675. The largest absolute Gasteiger partial charge is 0.496 e. The van der Waals surface area contributed by atoms with Crippen molar-refractivity contribution in [3.8, 4) is 17.2 Å². The summed E-state index contributed by atoms with van der Waals surface area (Å²) >= 11 is 6.12. The average molecular weight is 443 g/mol. The molecule has 0 fully saturated rings. The molecule has 0 saturated heterocycles. The molecule has 0 aliphatic rings. The molecule has 2 aromatic carbocycles. The third kappa shape index (κ3) is 4.92. The molecule has 8 nitrogen and oxygen atoms in total. The minimum Gasteiger partial charge on any atom is -0.496 e. The second-order valence-corrected chi connectivity index (χ2v) is 8.69. The number of carbonyl (C=O) groups is 1. The van der Waals surface area contributed by atoms with Crippen LogP contribution in [0.25, 0.3) is 0 Å². The molecule has 29 heavy (non-hydrogen) atoms. The average Bonchev–Trinajstić information content (AvgIpc) is 2.71. The highest BCUT2D eigenvalue weighted by Gasteiger charge is 2.21. The topological polar surface area (TPSA) is 94.2 Å². The van der Waals surface area contributed by atoms with Crippen molar-refractivity contribution in [1.82, 2.24) is 9.62 Å². The van der Waals surface area contributed by atoms with E-state index in [1.54, 1.807) is 12.1 Å². The van der Waals surface area contributed by atoms with Crippen LogP contribution in [0.3, 0.4) is 0 Å². The summed E-state index contributed by atoms with van der Waals surface area (Å²) in [6, 6.07) is 7.32. The van der Waals surface area contributed by atoms with E-state index in [9.17, 15) is 13.2 Å². The summed E-state index contributed by atoms with van der Waals surface area (Å²) < 4.78 is 41.6. The van der Waals surface area contributed by atoms with Crippen LogP contribution < -0.4 is 19.5 Å². The van der Waals surface area contributed by atoms with Crippen molar-refractivity contribution in [2.75, 3.05) is 35.4 Å². The number of methoxy groups -OCH3 is 3. The van der Waals surface area contributed by atoms with Gasteiger partial charge in [-0.05, 0) is 24.3 Å². The van der Waals surface area contributed by atoms with Crippen LogP contribution in [0.1, 0.15) is 15.9 Å². The Morgan fingerprint density at radius 3 is 2.14 bits per heavy atom. The van der Waals surface area contributed by atoms with Gasteiger partial charge >= 0.3 is 0 Å². The first-order valence-electron chi connectivity index (χ1n) is 8.44. The number of sulfonamides is 1. The number of nitrogens with zero attached hydrogens (tertiary/aromatic N) is 1. The van der Waals surface area contributed by atoms with E-state index in [1.807, 2.05) is 0 Å². The molecule has 0 aromatic heterocycles. The molecule has 1 N–H and O–H groups in total. The maximum Gasteiger partial charge on any atom is 0.253 e. The van der Waals surface area contributed by atoms with Gasteiger partial charge in [-0.15, -0.1) is 0 Å². The lowest BCUT2D eigenvalue weighted by Crippen LogP contribution is -2.25. The lowest BCUT2D eigenvalue weighted by molar-refractivity contribution is 0.0950. The van der Waals surface area contributed by atoms with Gasteiger partial charge in [-0.25, -0.2) is 12.7 Å². The minimum atomic E-state index is -3.70. The third-order valence-electron chi connectivity index (χ3n) is 4.19. The zero-order valence-electron chi connectivity index (χ0n) is 16.8. The standard InChI is InChI=1S/C19H23ClN2O6S/c1-22(2)29(24,25)13-6-7-15(20)14(9-13)19(23)21-11-12-8-17(27-4)18(28-5)10-16(12)26-3/h6-10H,11H2,1-5H3,(H,21,23). The minimum absolute atomic E-state index is 0.0271. The van der Waals surface area contributed by atoms with Gasteiger partial charge in [-0.1, -0.05) is 11.6 Å². The molecule has 0 spiro atoms.